The minimum atomic E-state index is -0.570. The summed E-state index contributed by atoms with van der Waals surface area (Å²) in [5.41, 5.74) is 6.81. The molecule has 0 atom stereocenters. The molecule has 0 saturated heterocycles. The van der Waals surface area contributed by atoms with E-state index in [0.717, 1.165) is 12.1 Å². The van der Waals surface area contributed by atoms with E-state index in [0.29, 0.717) is 17.2 Å². The molecule has 1 aromatic carbocycles. The molecule has 0 fully saturated rings. The van der Waals surface area contributed by atoms with Crippen LogP contribution in [-0.2, 0) is 0 Å². The predicted molar refractivity (Wildman–Crippen MR) is 70.7 cm³/mol. The number of aryl methyl sites for hydroxylation is 1. The molecule has 3 nitrogen and oxygen atoms in total. The van der Waals surface area contributed by atoms with Crippen molar-refractivity contribution >= 4 is 33.1 Å². The first-order valence-electron chi connectivity index (χ1n) is 5.12. The number of hydrogen-bond acceptors (Lipinski definition) is 3. The molecule has 1 aromatic heterocycles. The maximum Gasteiger partial charge on any atom is 0.148 e. The molecule has 0 aliphatic carbocycles. The van der Waals surface area contributed by atoms with Gasteiger partial charge in [-0.25, -0.2) is 13.8 Å². The molecule has 0 spiro atoms. The molecule has 6 heteroatoms. The second-order valence-corrected chi connectivity index (χ2v) is 4.60. The van der Waals surface area contributed by atoms with Gasteiger partial charge in [0.05, 0.1) is 21.5 Å². The molecular formula is C12H10BrF2N3. The molecular weight excluding hydrogens is 304 g/mol. The summed E-state index contributed by atoms with van der Waals surface area (Å²) >= 11 is 2.91. The smallest absolute Gasteiger partial charge is 0.148 e. The highest BCUT2D eigenvalue weighted by molar-refractivity contribution is 9.10. The van der Waals surface area contributed by atoms with Crippen molar-refractivity contribution in [2.75, 3.05) is 11.1 Å². The van der Waals surface area contributed by atoms with E-state index < -0.39 is 11.6 Å². The number of nitrogens with zero attached hydrogens (tertiary/aromatic N) is 1. The number of aromatic nitrogens is 1. The minimum Gasteiger partial charge on any atom is -0.397 e. The van der Waals surface area contributed by atoms with Crippen molar-refractivity contribution in [3.8, 4) is 0 Å². The van der Waals surface area contributed by atoms with Crippen LogP contribution in [0.1, 0.15) is 5.69 Å². The van der Waals surface area contributed by atoms with Crippen LogP contribution in [0.5, 0.6) is 0 Å². The number of rotatable bonds is 2. The summed E-state index contributed by atoms with van der Waals surface area (Å²) in [6, 6.07) is 5.37. The van der Waals surface area contributed by atoms with Gasteiger partial charge in [0.2, 0.25) is 0 Å². The fraction of sp³-hybridized carbons (Fsp3) is 0.0833. The lowest BCUT2D eigenvalue weighted by Crippen LogP contribution is -2.00. The Hall–Kier alpha value is -1.69. The van der Waals surface area contributed by atoms with Crippen LogP contribution in [0.2, 0.25) is 0 Å². The van der Waals surface area contributed by atoms with Gasteiger partial charge >= 0.3 is 0 Å². The predicted octanol–water partition coefficient (Wildman–Crippen LogP) is 3.76. The number of benzene rings is 1. The summed E-state index contributed by atoms with van der Waals surface area (Å²) in [6.07, 6.45) is 0. The Morgan fingerprint density at radius 3 is 2.61 bits per heavy atom. The van der Waals surface area contributed by atoms with Crippen molar-refractivity contribution in [3.63, 3.8) is 0 Å². The Morgan fingerprint density at radius 1 is 1.22 bits per heavy atom. The van der Waals surface area contributed by atoms with Gasteiger partial charge in [-0.15, -0.1) is 0 Å². The fourth-order valence-corrected chi connectivity index (χ4v) is 1.71. The normalized spacial score (nSPS) is 10.4. The van der Waals surface area contributed by atoms with Crippen LogP contribution in [-0.4, -0.2) is 4.98 Å². The summed E-state index contributed by atoms with van der Waals surface area (Å²) < 4.78 is 27.0. The number of nitrogens with two attached hydrogens (primary N) is 1. The van der Waals surface area contributed by atoms with Crippen LogP contribution in [0.15, 0.2) is 28.7 Å². The van der Waals surface area contributed by atoms with Gasteiger partial charge in [0.15, 0.2) is 0 Å². The first kappa shape index (κ1) is 12.8. The number of hydrogen-bond donors (Lipinski definition) is 2. The van der Waals surface area contributed by atoms with Crippen molar-refractivity contribution in [2.45, 2.75) is 6.92 Å². The lowest BCUT2D eigenvalue weighted by molar-refractivity contribution is 0.597. The topological polar surface area (TPSA) is 50.9 Å². The molecule has 0 radical (unpaired) electrons. The van der Waals surface area contributed by atoms with Crippen LogP contribution in [0.4, 0.5) is 26.0 Å². The molecule has 3 N–H and O–H groups in total. The van der Waals surface area contributed by atoms with Gasteiger partial charge in [0, 0.05) is 6.07 Å². The highest BCUT2D eigenvalue weighted by Crippen LogP contribution is 2.26. The van der Waals surface area contributed by atoms with E-state index in [2.05, 4.69) is 26.2 Å². The molecule has 18 heavy (non-hydrogen) atoms. The monoisotopic (exact) mass is 313 g/mol. The van der Waals surface area contributed by atoms with Crippen LogP contribution >= 0.6 is 15.9 Å². The average molecular weight is 314 g/mol. The molecule has 0 aliphatic heterocycles. The van der Waals surface area contributed by atoms with Crippen LogP contribution in [0, 0.1) is 18.6 Å². The molecule has 0 bridgehead atoms. The van der Waals surface area contributed by atoms with Crippen molar-refractivity contribution < 1.29 is 8.78 Å². The first-order chi connectivity index (χ1) is 8.47. The van der Waals surface area contributed by atoms with E-state index in [-0.39, 0.29) is 10.2 Å². The average Bonchev–Trinajstić information content (AvgIpc) is 2.31. The molecule has 0 aliphatic rings. The summed E-state index contributed by atoms with van der Waals surface area (Å²) in [4.78, 5) is 4.12. The van der Waals surface area contributed by atoms with E-state index in [1.54, 1.807) is 19.1 Å². The minimum absolute atomic E-state index is 0.0207. The number of nitrogens with one attached hydrogen (secondary N) is 1. The molecule has 0 unspecified atom stereocenters. The molecule has 2 aromatic rings. The van der Waals surface area contributed by atoms with Crippen molar-refractivity contribution in [3.05, 3.63) is 46.1 Å². The van der Waals surface area contributed by atoms with Crippen molar-refractivity contribution in [1.29, 1.82) is 0 Å². The zero-order chi connectivity index (χ0) is 13.3. The first-order valence-corrected chi connectivity index (χ1v) is 5.91. The lowest BCUT2D eigenvalue weighted by Gasteiger charge is -2.09. The van der Waals surface area contributed by atoms with E-state index in [1.165, 1.54) is 0 Å². The Morgan fingerprint density at radius 2 is 1.94 bits per heavy atom. The molecule has 94 valence electrons. The molecule has 0 amide bonds. The molecule has 1 heterocycles. The molecule has 2 rings (SSSR count). The van der Waals surface area contributed by atoms with Gasteiger partial charge in [0.1, 0.15) is 17.5 Å². The second kappa shape index (κ2) is 4.89. The van der Waals surface area contributed by atoms with Crippen LogP contribution in [0.3, 0.4) is 0 Å². The van der Waals surface area contributed by atoms with Crippen molar-refractivity contribution in [1.82, 2.24) is 4.98 Å². The zero-order valence-corrected chi connectivity index (χ0v) is 11.1. The third-order valence-electron chi connectivity index (χ3n) is 2.40. The van der Waals surface area contributed by atoms with Crippen molar-refractivity contribution in [2.24, 2.45) is 0 Å². The maximum absolute atomic E-state index is 13.6. The highest BCUT2D eigenvalue weighted by atomic mass is 79.9. The lowest BCUT2D eigenvalue weighted by atomic mass is 10.2. The Labute approximate surface area is 111 Å². The van der Waals surface area contributed by atoms with E-state index in [4.69, 9.17) is 5.73 Å². The Kier molecular flexibility index (Phi) is 3.47. The van der Waals surface area contributed by atoms with E-state index >= 15 is 0 Å². The number of halogens is 3. The van der Waals surface area contributed by atoms with Gasteiger partial charge in [-0.05, 0) is 41.1 Å². The quantitative estimate of drug-likeness (QED) is 0.830. The standard InChI is InChI=1S/C12H10BrF2N3/c1-6-10(16)2-3-12(17-6)18-11-5-8(14)7(13)4-9(11)15/h2-5H,16H2,1H3,(H,17,18). The number of nitrogen functional groups attached to an aromatic ring is 1. The van der Waals surface area contributed by atoms with Gasteiger partial charge in [-0.2, -0.15) is 0 Å². The SMILES string of the molecule is Cc1nc(Nc2cc(F)c(Br)cc2F)ccc1N. The fourth-order valence-electron chi connectivity index (χ4n) is 1.40. The highest BCUT2D eigenvalue weighted by Gasteiger charge is 2.09. The number of anilines is 3. The Balaban J connectivity index is 2.34. The van der Waals surface area contributed by atoms with Gasteiger partial charge < -0.3 is 11.1 Å². The van der Waals surface area contributed by atoms with E-state index in [9.17, 15) is 8.78 Å². The second-order valence-electron chi connectivity index (χ2n) is 3.74. The summed E-state index contributed by atoms with van der Waals surface area (Å²) in [5.74, 6) is -0.715. The van der Waals surface area contributed by atoms with Crippen LogP contribution in [0.25, 0.3) is 0 Å². The van der Waals surface area contributed by atoms with Crippen LogP contribution < -0.4 is 11.1 Å². The van der Waals surface area contributed by atoms with Gasteiger partial charge in [-0.3, -0.25) is 0 Å². The summed E-state index contributed by atoms with van der Waals surface area (Å²) in [6.45, 7) is 1.74. The Bertz CT molecular complexity index is 602. The van der Waals surface area contributed by atoms with Gasteiger partial charge in [0.25, 0.3) is 0 Å². The maximum atomic E-state index is 13.6. The number of pyridine rings is 1. The summed E-state index contributed by atoms with van der Waals surface area (Å²) in [7, 11) is 0. The van der Waals surface area contributed by atoms with Gasteiger partial charge in [-0.1, -0.05) is 0 Å². The molecule has 0 saturated carbocycles. The third kappa shape index (κ3) is 2.59. The van der Waals surface area contributed by atoms with E-state index in [1.807, 2.05) is 0 Å². The summed E-state index contributed by atoms with van der Waals surface area (Å²) in [5, 5.41) is 2.71. The zero-order valence-electron chi connectivity index (χ0n) is 9.47. The largest absolute Gasteiger partial charge is 0.397 e. The third-order valence-corrected chi connectivity index (χ3v) is 3.01.